The second kappa shape index (κ2) is 7.24. The Hall–Kier alpha value is -1.11. The van der Waals surface area contributed by atoms with Crippen molar-refractivity contribution in [3.8, 4) is 0 Å². The monoisotopic (exact) mass is 309 g/mol. The molecule has 0 saturated carbocycles. The highest BCUT2D eigenvalue weighted by molar-refractivity contribution is 7.10. The van der Waals surface area contributed by atoms with Gasteiger partial charge in [-0.1, -0.05) is 6.07 Å². The van der Waals surface area contributed by atoms with Gasteiger partial charge in [-0.25, -0.2) is 4.79 Å². The third-order valence-corrected chi connectivity index (χ3v) is 5.17. The molecule has 2 amide bonds. The van der Waals surface area contributed by atoms with Crippen molar-refractivity contribution in [1.82, 2.24) is 15.1 Å². The minimum atomic E-state index is 0.0826. The van der Waals surface area contributed by atoms with E-state index in [9.17, 15) is 4.79 Å². The summed E-state index contributed by atoms with van der Waals surface area (Å²) in [5, 5.41) is 5.16. The summed E-state index contributed by atoms with van der Waals surface area (Å²) in [6.45, 7) is 6.04. The number of nitrogens with one attached hydrogen (secondary N) is 1. The molecule has 3 rings (SSSR count). The Morgan fingerprint density at radius 2 is 2.24 bits per heavy atom. The van der Waals surface area contributed by atoms with E-state index in [1.807, 2.05) is 4.90 Å². The van der Waals surface area contributed by atoms with Crippen LogP contribution in [0.4, 0.5) is 4.79 Å². The summed E-state index contributed by atoms with van der Waals surface area (Å²) in [5.41, 5.74) is 0. The molecule has 5 nitrogen and oxygen atoms in total. The molecule has 0 bridgehead atoms. The molecule has 1 N–H and O–H groups in total. The molecule has 21 heavy (non-hydrogen) atoms. The molecule has 1 atom stereocenters. The van der Waals surface area contributed by atoms with Crippen molar-refractivity contribution in [2.45, 2.75) is 18.9 Å². The zero-order valence-electron chi connectivity index (χ0n) is 12.3. The van der Waals surface area contributed by atoms with E-state index in [0.29, 0.717) is 6.54 Å². The largest absolute Gasteiger partial charge is 0.379 e. The maximum absolute atomic E-state index is 12.4. The van der Waals surface area contributed by atoms with Crippen molar-refractivity contribution in [3.05, 3.63) is 22.4 Å². The number of morpholine rings is 1. The summed E-state index contributed by atoms with van der Waals surface area (Å²) in [6.07, 6.45) is 2.18. The highest BCUT2D eigenvalue weighted by Gasteiger charge is 2.30. The molecule has 2 aliphatic heterocycles. The number of thiophene rings is 1. The lowest BCUT2D eigenvalue weighted by Crippen LogP contribution is -2.44. The maximum atomic E-state index is 12.4. The number of carbonyl (C=O) groups is 1. The van der Waals surface area contributed by atoms with Gasteiger partial charge in [-0.3, -0.25) is 4.90 Å². The van der Waals surface area contributed by atoms with Gasteiger partial charge in [0.2, 0.25) is 0 Å². The fourth-order valence-electron chi connectivity index (χ4n) is 3.03. The number of carbonyl (C=O) groups excluding carboxylic acids is 1. The van der Waals surface area contributed by atoms with Crippen LogP contribution >= 0.6 is 11.3 Å². The van der Waals surface area contributed by atoms with E-state index < -0.39 is 0 Å². The number of hydrogen-bond donors (Lipinski definition) is 1. The van der Waals surface area contributed by atoms with E-state index >= 15 is 0 Å². The number of likely N-dealkylation sites (tertiary alicyclic amines) is 1. The summed E-state index contributed by atoms with van der Waals surface area (Å²) in [7, 11) is 0. The number of urea groups is 1. The van der Waals surface area contributed by atoms with E-state index in [2.05, 4.69) is 27.7 Å². The lowest BCUT2D eigenvalue weighted by atomic mass is 10.2. The second-order valence-corrected chi connectivity index (χ2v) is 6.53. The predicted molar refractivity (Wildman–Crippen MR) is 83.7 cm³/mol. The van der Waals surface area contributed by atoms with Crippen LogP contribution in [-0.4, -0.2) is 61.8 Å². The second-order valence-electron chi connectivity index (χ2n) is 5.55. The lowest BCUT2D eigenvalue weighted by Gasteiger charge is -2.28. The highest BCUT2D eigenvalue weighted by atomic mass is 32.1. The molecule has 3 heterocycles. The van der Waals surface area contributed by atoms with Gasteiger partial charge in [0.25, 0.3) is 0 Å². The average Bonchev–Trinajstić information content (AvgIpc) is 3.19. The zero-order chi connectivity index (χ0) is 14.5. The fourth-order valence-corrected chi connectivity index (χ4v) is 3.91. The van der Waals surface area contributed by atoms with Gasteiger partial charge in [0.05, 0.1) is 19.3 Å². The van der Waals surface area contributed by atoms with Gasteiger partial charge in [0, 0.05) is 37.6 Å². The molecule has 2 fully saturated rings. The van der Waals surface area contributed by atoms with Crippen molar-refractivity contribution in [2.75, 3.05) is 45.9 Å². The first kappa shape index (κ1) is 14.8. The van der Waals surface area contributed by atoms with Gasteiger partial charge in [-0.15, -0.1) is 11.3 Å². The van der Waals surface area contributed by atoms with Crippen LogP contribution in [0.25, 0.3) is 0 Å². The normalized spacial score (nSPS) is 23.4. The number of rotatable bonds is 4. The van der Waals surface area contributed by atoms with E-state index in [1.54, 1.807) is 11.3 Å². The fraction of sp³-hybridized carbons (Fsp3) is 0.667. The van der Waals surface area contributed by atoms with Gasteiger partial charge < -0.3 is 15.0 Å². The highest BCUT2D eigenvalue weighted by Crippen LogP contribution is 2.34. The minimum absolute atomic E-state index is 0.0826. The van der Waals surface area contributed by atoms with Crippen molar-refractivity contribution >= 4 is 17.4 Å². The topological polar surface area (TPSA) is 44.8 Å². The van der Waals surface area contributed by atoms with Crippen LogP contribution in [0.2, 0.25) is 0 Å². The SMILES string of the molecule is O=C(NCCN1CCOCC1)N1CCCC1c1cccs1. The number of ether oxygens (including phenoxy) is 1. The minimum Gasteiger partial charge on any atom is -0.379 e. The molecule has 116 valence electrons. The molecule has 0 radical (unpaired) electrons. The third-order valence-electron chi connectivity index (χ3n) is 4.19. The average molecular weight is 309 g/mol. The van der Waals surface area contributed by atoms with Crippen LogP contribution in [0.3, 0.4) is 0 Å². The molecule has 0 spiro atoms. The molecule has 0 aromatic carbocycles. The van der Waals surface area contributed by atoms with Crippen molar-refractivity contribution in [2.24, 2.45) is 0 Å². The quantitative estimate of drug-likeness (QED) is 0.924. The van der Waals surface area contributed by atoms with Crippen LogP contribution in [-0.2, 0) is 4.74 Å². The van der Waals surface area contributed by atoms with Crippen molar-refractivity contribution in [1.29, 1.82) is 0 Å². The summed E-state index contributed by atoms with van der Waals surface area (Å²) in [4.78, 5) is 18.0. The van der Waals surface area contributed by atoms with Crippen LogP contribution in [0.1, 0.15) is 23.8 Å². The molecule has 2 saturated heterocycles. The number of amides is 2. The molecule has 1 unspecified atom stereocenters. The number of nitrogens with zero attached hydrogens (tertiary/aromatic N) is 2. The molecule has 1 aromatic heterocycles. The summed E-state index contributed by atoms with van der Waals surface area (Å²) in [5.74, 6) is 0. The van der Waals surface area contributed by atoms with Crippen LogP contribution in [0.5, 0.6) is 0 Å². The molecule has 6 heteroatoms. The van der Waals surface area contributed by atoms with E-state index in [0.717, 1.165) is 52.2 Å². The first-order chi connectivity index (χ1) is 10.3. The van der Waals surface area contributed by atoms with E-state index in [-0.39, 0.29) is 12.1 Å². The van der Waals surface area contributed by atoms with Gasteiger partial charge >= 0.3 is 6.03 Å². The van der Waals surface area contributed by atoms with Crippen LogP contribution in [0.15, 0.2) is 17.5 Å². The van der Waals surface area contributed by atoms with Crippen molar-refractivity contribution < 1.29 is 9.53 Å². The van der Waals surface area contributed by atoms with E-state index in [4.69, 9.17) is 4.74 Å². The molecule has 2 aliphatic rings. The first-order valence-corrected chi connectivity index (χ1v) is 8.60. The number of hydrogen-bond acceptors (Lipinski definition) is 4. The first-order valence-electron chi connectivity index (χ1n) is 7.72. The van der Waals surface area contributed by atoms with Gasteiger partial charge in [-0.2, -0.15) is 0 Å². The Morgan fingerprint density at radius 1 is 1.38 bits per heavy atom. The van der Waals surface area contributed by atoms with Gasteiger partial charge in [0.15, 0.2) is 0 Å². The molecule has 0 aliphatic carbocycles. The third kappa shape index (κ3) is 3.75. The van der Waals surface area contributed by atoms with Crippen molar-refractivity contribution in [3.63, 3.8) is 0 Å². The zero-order valence-corrected chi connectivity index (χ0v) is 13.1. The summed E-state index contributed by atoms with van der Waals surface area (Å²) in [6, 6.07) is 4.55. The van der Waals surface area contributed by atoms with Crippen LogP contribution in [0, 0.1) is 0 Å². The maximum Gasteiger partial charge on any atom is 0.317 e. The van der Waals surface area contributed by atoms with Gasteiger partial charge in [-0.05, 0) is 24.3 Å². The Bertz CT molecular complexity index is 446. The molecular weight excluding hydrogens is 286 g/mol. The Morgan fingerprint density at radius 3 is 3.00 bits per heavy atom. The summed E-state index contributed by atoms with van der Waals surface area (Å²) >= 11 is 1.74. The standard InChI is InChI=1S/C15H23N3O2S/c19-15(16-5-7-17-8-10-20-11-9-17)18-6-1-3-13(18)14-4-2-12-21-14/h2,4,12-13H,1,3,5-11H2,(H,16,19). The lowest BCUT2D eigenvalue weighted by molar-refractivity contribution is 0.0385. The smallest absolute Gasteiger partial charge is 0.317 e. The van der Waals surface area contributed by atoms with E-state index in [1.165, 1.54) is 4.88 Å². The van der Waals surface area contributed by atoms with Crippen LogP contribution < -0.4 is 5.32 Å². The Balaban J connectivity index is 1.46. The predicted octanol–water partition coefficient (Wildman–Crippen LogP) is 1.93. The summed E-state index contributed by atoms with van der Waals surface area (Å²) < 4.78 is 5.33. The Labute approximate surface area is 129 Å². The van der Waals surface area contributed by atoms with Gasteiger partial charge in [0.1, 0.15) is 0 Å². The molecule has 1 aromatic rings. The Kier molecular flexibility index (Phi) is 5.11. The molecular formula is C15H23N3O2S.